The number of ether oxygens (including phenoxy) is 2. The number of benzene rings is 2. The molecule has 1 fully saturated rings. The minimum absolute atomic E-state index is 0.179. The van der Waals surface area contributed by atoms with Crippen molar-refractivity contribution in [3.8, 4) is 11.5 Å². The third kappa shape index (κ3) is 7.18. The number of fused-ring (bicyclic) bond motifs is 1. The summed E-state index contributed by atoms with van der Waals surface area (Å²) in [5, 5.41) is 10.7. The van der Waals surface area contributed by atoms with Gasteiger partial charge in [-0.1, -0.05) is 25.1 Å². The Labute approximate surface area is 221 Å². The van der Waals surface area contributed by atoms with Gasteiger partial charge in [0.25, 0.3) is 0 Å². The molecule has 0 saturated carbocycles. The summed E-state index contributed by atoms with van der Waals surface area (Å²) < 4.78 is 53.3. The molecule has 208 valence electrons. The van der Waals surface area contributed by atoms with Gasteiger partial charge in [-0.15, -0.1) is 0 Å². The predicted octanol–water partition coefficient (Wildman–Crippen LogP) is 4.67. The molecule has 1 N–H and O–H groups in total. The average Bonchev–Trinajstić information content (AvgIpc) is 3.24. The quantitative estimate of drug-likeness (QED) is 0.386. The minimum Gasteiger partial charge on any atom is -0.493 e. The van der Waals surface area contributed by atoms with Gasteiger partial charge in [-0.05, 0) is 68.7 Å². The number of para-hydroxylation sites is 2. The van der Waals surface area contributed by atoms with Crippen LogP contribution in [0.15, 0.2) is 42.5 Å². The fraction of sp³-hybridized carbons (Fsp3) is 0.536. The van der Waals surface area contributed by atoms with E-state index in [0.717, 1.165) is 35.7 Å². The van der Waals surface area contributed by atoms with Crippen LogP contribution in [0.4, 0.5) is 13.2 Å². The Morgan fingerprint density at radius 1 is 1.13 bits per heavy atom. The highest BCUT2D eigenvalue weighted by molar-refractivity contribution is 5.76. The molecule has 1 unspecified atom stereocenters. The van der Waals surface area contributed by atoms with E-state index in [9.17, 15) is 18.3 Å². The van der Waals surface area contributed by atoms with E-state index in [1.165, 1.54) is 18.9 Å². The van der Waals surface area contributed by atoms with E-state index in [1.807, 2.05) is 30.1 Å². The molecule has 0 amide bonds. The molecule has 1 saturated heterocycles. The first-order valence-electron chi connectivity index (χ1n) is 13.0. The number of hydrogen-bond donors (Lipinski definition) is 1. The topological polar surface area (TPSA) is 63.0 Å². The Kier molecular flexibility index (Phi) is 9.17. The highest BCUT2D eigenvalue weighted by Crippen LogP contribution is 2.32. The zero-order valence-corrected chi connectivity index (χ0v) is 22.2. The van der Waals surface area contributed by atoms with Crippen LogP contribution < -0.4 is 9.47 Å². The lowest BCUT2D eigenvalue weighted by Gasteiger charge is -2.30. The van der Waals surface area contributed by atoms with E-state index < -0.39 is 18.1 Å². The fourth-order valence-electron chi connectivity index (χ4n) is 4.98. The molecule has 7 nitrogen and oxygen atoms in total. The molecule has 10 heteroatoms. The number of methoxy groups -OCH3 is 1. The van der Waals surface area contributed by atoms with Crippen LogP contribution in [0.1, 0.15) is 31.2 Å². The van der Waals surface area contributed by atoms with E-state index in [0.29, 0.717) is 30.2 Å². The van der Waals surface area contributed by atoms with Crippen LogP contribution in [0.5, 0.6) is 11.5 Å². The van der Waals surface area contributed by atoms with Crippen LogP contribution in [-0.4, -0.2) is 77.5 Å². The van der Waals surface area contributed by atoms with Gasteiger partial charge in [0.2, 0.25) is 5.82 Å². The summed E-state index contributed by atoms with van der Waals surface area (Å²) in [6.07, 6.45) is -3.19. The molecule has 1 aliphatic rings. The maximum atomic E-state index is 13.6. The van der Waals surface area contributed by atoms with Crippen molar-refractivity contribution in [3.05, 3.63) is 53.9 Å². The van der Waals surface area contributed by atoms with Gasteiger partial charge in [0.15, 0.2) is 11.5 Å². The Balaban J connectivity index is 1.33. The van der Waals surface area contributed by atoms with Crippen molar-refractivity contribution >= 4 is 11.0 Å². The van der Waals surface area contributed by atoms with Crippen molar-refractivity contribution < 1.29 is 27.8 Å². The van der Waals surface area contributed by atoms with Crippen molar-refractivity contribution in [1.29, 1.82) is 0 Å². The number of likely N-dealkylation sites (tertiary alicyclic amines) is 1. The second kappa shape index (κ2) is 12.4. The van der Waals surface area contributed by atoms with Crippen LogP contribution in [0.3, 0.4) is 0 Å². The summed E-state index contributed by atoms with van der Waals surface area (Å²) in [7, 11) is 3.41. The van der Waals surface area contributed by atoms with Crippen molar-refractivity contribution in [2.45, 2.75) is 45.1 Å². The van der Waals surface area contributed by atoms with Crippen LogP contribution in [0.2, 0.25) is 0 Å². The molecule has 0 spiro atoms. The molecular formula is C28H37F3N4O3. The standard InChI is InChI=1S/C28H37F3N4O3/c1-20-10-12-34(13-11-20)14-15-38-25-9-8-21(16-26(25)37-3)17-33(2)18-22(36)19-35-24-7-5-4-6-23(24)32-27(35)28(29,30)31/h4-9,16,20,22,36H,10-15,17-19H2,1-3H3. The number of rotatable bonds is 11. The maximum Gasteiger partial charge on any atom is 0.449 e. The first kappa shape index (κ1) is 28.2. The zero-order chi connectivity index (χ0) is 27.3. The zero-order valence-electron chi connectivity index (χ0n) is 22.2. The number of imidazole rings is 1. The summed E-state index contributed by atoms with van der Waals surface area (Å²) in [6.45, 7) is 6.41. The van der Waals surface area contributed by atoms with E-state index in [4.69, 9.17) is 9.47 Å². The van der Waals surface area contributed by atoms with Gasteiger partial charge in [0.1, 0.15) is 6.61 Å². The Morgan fingerprint density at radius 2 is 1.87 bits per heavy atom. The van der Waals surface area contributed by atoms with Gasteiger partial charge in [-0.3, -0.25) is 9.80 Å². The number of alkyl halides is 3. The number of aliphatic hydroxyl groups is 1. The SMILES string of the molecule is COc1cc(CN(C)CC(O)Cn2c(C(F)(F)F)nc3ccccc32)ccc1OCCN1CCC(C)CC1. The second-order valence-corrected chi connectivity index (χ2v) is 10.2. The van der Waals surface area contributed by atoms with Crippen molar-refractivity contribution in [1.82, 2.24) is 19.4 Å². The van der Waals surface area contributed by atoms with Crippen LogP contribution in [-0.2, 0) is 19.3 Å². The van der Waals surface area contributed by atoms with Crippen molar-refractivity contribution in [2.24, 2.45) is 5.92 Å². The number of halogens is 3. The summed E-state index contributed by atoms with van der Waals surface area (Å²) in [5.41, 5.74) is 1.54. The molecule has 3 aromatic rings. The van der Waals surface area contributed by atoms with Gasteiger partial charge in [-0.25, -0.2) is 4.98 Å². The molecule has 0 radical (unpaired) electrons. The molecule has 0 bridgehead atoms. The molecule has 2 aromatic carbocycles. The van der Waals surface area contributed by atoms with Crippen LogP contribution in [0, 0.1) is 5.92 Å². The summed E-state index contributed by atoms with van der Waals surface area (Å²) in [6, 6.07) is 12.1. The monoisotopic (exact) mass is 534 g/mol. The Hall–Kier alpha value is -2.82. The molecule has 0 aliphatic carbocycles. The first-order chi connectivity index (χ1) is 18.1. The predicted molar refractivity (Wildman–Crippen MR) is 140 cm³/mol. The number of hydrogen-bond acceptors (Lipinski definition) is 6. The Bertz CT molecular complexity index is 1190. The van der Waals surface area contributed by atoms with Gasteiger partial charge in [0.05, 0.1) is 30.8 Å². The molecule has 2 heterocycles. The normalized spacial score (nSPS) is 16.3. The van der Waals surface area contributed by atoms with Crippen LogP contribution in [0.25, 0.3) is 11.0 Å². The van der Waals surface area contributed by atoms with E-state index in [-0.39, 0.29) is 18.6 Å². The number of piperidine rings is 1. The van der Waals surface area contributed by atoms with E-state index >= 15 is 0 Å². The molecule has 4 rings (SSSR count). The van der Waals surface area contributed by atoms with Gasteiger partial charge in [0, 0.05) is 19.6 Å². The van der Waals surface area contributed by atoms with Gasteiger partial charge >= 0.3 is 6.18 Å². The molecule has 1 aromatic heterocycles. The maximum absolute atomic E-state index is 13.6. The Morgan fingerprint density at radius 3 is 2.58 bits per heavy atom. The average molecular weight is 535 g/mol. The molecular weight excluding hydrogens is 497 g/mol. The molecule has 1 aliphatic heterocycles. The number of aliphatic hydroxyl groups excluding tert-OH is 1. The number of nitrogens with zero attached hydrogens (tertiary/aromatic N) is 4. The first-order valence-corrected chi connectivity index (χ1v) is 13.0. The smallest absolute Gasteiger partial charge is 0.449 e. The summed E-state index contributed by atoms with van der Waals surface area (Å²) in [5.74, 6) is 1.09. The van der Waals surface area contributed by atoms with Crippen LogP contribution >= 0.6 is 0 Å². The van der Waals surface area contributed by atoms with Crippen molar-refractivity contribution in [3.63, 3.8) is 0 Å². The van der Waals surface area contributed by atoms with E-state index in [2.05, 4.69) is 16.8 Å². The molecule has 38 heavy (non-hydrogen) atoms. The number of likely N-dealkylation sites (N-methyl/N-ethyl adjacent to an activating group) is 1. The minimum atomic E-state index is -4.61. The lowest BCUT2D eigenvalue weighted by atomic mass is 9.99. The fourth-order valence-corrected chi connectivity index (χ4v) is 4.98. The van der Waals surface area contributed by atoms with Crippen molar-refractivity contribution in [2.75, 3.05) is 46.9 Å². The highest BCUT2D eigenvalue weighted by atomic mass is 19.4. The lowest BCUT2D eigenvalue weighted by molar-refractivity contribution is -0.147. The summed E-state index contributed by atoms with van der Waals surface area (Å²) >= 11 is 0. The summed E-state index contributed by atoms with van der Waals surface area (Å²) in [4.78, 5) is 8.03. The third-order valence-electron chi connectivity index (χ3n) is 7.05. The molecule has 1 atom stereocenters. The third-order valence-corrected chi connectivity index (χ3v) is 7.05. The second-order valence-electron chi connectivity index (χ2n) is 10.2. The number of aromatic nitrogens is 2. The lowest BCUT2D eigenvalue weighted by Crippen LogP contribution is -2.35. The largest absolute Gasteiger partial charge is 0.493 e. The van der Waals surface area contributed by atoms with E-state index in [1.54, 1.807) is 25.3 Å². The van der Waals surface area contributed by atoms with Gasteiger partial charge < -0.3 is 19.1 Å². The van der Waals surface area contributed by atoms with Gasteiger partial charge in [-0.2, -0.15) is 13.2 Å². The highest BCUT2D eigenvalue weighted by Gasteiger charge is 2.38.